The lowest BCUT2D eigenvalue weighted by Crippen LogP contribution is -2.09. The van der Waals surface area contributed by atoms with Gasteiger partial charge in [0.05, 0.1) is 0 Å². The Balaban J connectivity index is 2.48. The first kappa shape index (κ1) is 9.34. The Labute approximate surface area is 83.8 Å². The molecule has 0 bridgehead atoms. The zero-order valence-corrected chi connectivity index (χ0v) is 8.54. The monoisotopic (exact) mass is 193 g/mol. The highest BCUT2D eigenvalue weighted by Crippen LogP contribution is 2.41. The van der Waals surface area contributed by atoms with E-state index < -0.39 is 0 Å². The second-order valence-corrected chi connectivity index (χ2v) is 3.67. The quantitative estimate of drug-likeness (QED) is 0.778. The van der Waals surface area contributed by atoms with E-state index >= 15 is 0 Å². The van der Waals surface area contributed by atoms with E-state index in [1.54, 1.807) is 0 Å². The van der Waals surface area contributed by atoms with Gasteiger partial charge in [-0.3, -0.25) is 0 Å². The van der Waals surface area contributed by atoms with Crippen LogP contribution in [-0.2, 0) is 0 Å². The summed E-state index contributed by atoms with van der Waals surface area (Å²) < 4.78 is 10.9. The molecule has 1 aliphatic heterocycles. The summed E-state index contributed by atoms with van der Waals surface area (Å²) in [5.41, 5.74) is 7.90. The van der Waals surface area contributed by atoms with Gasteiger partial charge in [-0.2, -0.15) is 0 Å². The highest BCUT2D eigenvalue weighted by molar-refractivity contribution is 5.54. The van der Waals surface area contributed by atoms with Crippen LogP contribution in [0.3, 0.4) is 0 Å². The zero-order chi connectivity index (χ0) is 10.1. The molecule has 1 unspecified atom stereocenters. The molecule has 14 heavy (non-hydrogen) atoms. The number of nitrogens with two attached hydrogens (primary N) is 1. The van der Waals surface area contributed by atoms with Gasteiger partial charge in [-0.25, -0.2) is 0 Å². The van der Waals surface area contributed by atoms with Gasteiger partial charge in [0.15, 0.2) is 11.5 Å². The van der Waals surface area contributed by atoms with Crippen LogP contribution in [0.15, 0.2) is 12.1 Å². The summed E-state index contributed by atoms with van der Waals surface area (Å²) in [4.78, 5) is 0. The van der Waals surface area contributed by atoms with Crippen LogP contribution in [0.5, 0.6) is 11.5 Å². The van der Waals surface area contributed by atoms with Gasteiger partial charge in [0.25, 0.3) is 0 Å². The average molecular weight is 193 g/mol. The lowest BCUT2D eigenvalue weighted by molar-refractivity contribution is 0.172. The first-order valence-electron chi connectivity index (χ1n) is 4.83. The Bertz CT molecular complexity index is 349. The molecule has 0 aliphatic carbocycles. The second kappa shape index (κ2) is 3.50. The SMILES string of the molecule is Cc1ccc(C(C)CN)c2c1OCO2. The molecule has 1 aromatic carbocycles. The van der Waals surface area contributed by atoms with Crippen molar-refractivity contribution >= 4 is 0 Å². The van der Waals surface area contributed by atoms with Crippen LogP contribution >= 0.6 is 0 Å². The summed E-state index contributed by atoms with van der Waals surface area (Å²) in [6, 6.07) is 4.12. The van der Waals surface area contributed by atoms with Crippen LogP contribution in [0.25, 0.3) is 0 Å². The number of rotatable bonds is 2. The van der Waals surface area contributed by atoms with Crippen molar-refractivity contribution in [3.63, 3.8) is 0 Å². The van der Waals surface area contributed by atoms with Gasteiger partial charge in [0.1, 0.15) is 0 Å². The van der Waals surface area contributed by atoms with Crippen molar-refractivity contribution in [1.82, 2.24) is 0 Å². The maximum Gasteiger partial charge on any atom is 0.231 e. The largest absolute Gasteiger partial charge is 0.453 e. The smallest absolute Gasteiger partial charge is 0.231 e. The first-order chi connectivity index (χ1) is 6.74. The summed E-state index contributed by atoms with van der Waals surface area (Å²) >= 11 is 0. The van der Waals surface area contributed by atoms with Crippen molar-refractivity contribution in [3.8, 4) is 11.5 Å². The van der Waals surface area contributed by atoms with E-state index in [1.807, 2.05) is 6.92 Å². The lowest BCUT2D eigenvalue weighted by atomic mass is 9.98. The Hall–Kier alpha value is -1.22. The van der Waals surface area contributed by atoms with E-state index in [0.29, 0.717) is 19.3 Å². The van der Waals surface area contributed by atoms with Gasteiger partial charge in [-0.1, -0.05) is 19.1 Å². The molecular formula is C11H15NO2. The van der Waals surface area contributed by atoms with E-state index in [-0.39, 0.29) is 0 Å². The summed E-state index contributed by atoms with van der Waals surface area (Å²) in [5, 5.41) is 0. The fourth-order valence-electron chi connectivity index (χ4n) is 1.67. The molecule has 0 saturated heterocycles. The molecule has 1 heterocycles. The number of fused-ring (bicyclic) bond motifs is 1. The highest BCUT2D eigenvalue weighted by Gasteiger charge is 2.22. The fraction of sp³-hybridized carbons (Fsp3) is 0.455. The van der Waals surface area contributed by atoms with E-state index in [2.05, 4.69) is 19.1 Å². The predicted octanol–water partition coefficient (Wildman–Crippen LogP) is 1.79. The number of hydrogen-bond donors (Lipinski definition) is 1. The topological polar surface area (TPSA) is 44.5 Å². The van der Waals surface area contributed by atoms with Crippen LogP contribution in [0.2, 0.25) is 0 Å². The third-order valence-corrected chi connectivity index (χ3v) is 2.63. The molecule has 3 heteroatoms. The van der Waals surface area contributed by atoms with Crippen LogP contribution < -0.4 is 15.2 Å². The van der Waals surface area contributed by atoms with Crippen LogP contribution in [0, 0.1) is 6.92 Å². The lowest BCUT2D eigenvalue weighted by Gasteiger charge is -2.12. The van der Waals surface area contributed by atoms with Gasteiger partial charge >= 0.3 is 0 Å². The molecule has 0 aromatic heterocycles. The Morgan fingerprint density at radius 3 is 2.79 bits per heavy atom. The second-order valence-electron chi connectivity index (χ2n) is 3.67. The van der Waals surface area contributed by atoms with E-state index in [0.717, 1.165) is 22.6 Å². The zero-order valence-electron chi connectivity index (χ0n) is 8.54. The van der Waals surface area contributed by atoms with Crippen LogP contribution in [0.4, 0.5) is 0 Å². The van der Waals surface area contributed by atoms with Crippen molar-refractivity contribution in [2.75, 3.05) is 13.3 Å². The summed E-state index contributed by atoms with van der Waals surface area (Å²) in [6.45, 7) is 5.06. The molecule has 0 saturated carbocycles. The molecule has 2 rings (SSSR count). The number of benzene rings is 1. The van der Waals surface area contributed by atoms with E-state index in [1.165, 1.54) is 0 Å². The van der Waals surface area contributed by atoms with Gasteiger partial charge in [0, 0.05) is 5.56 Å². The standard InChI is InChI=1S/C11H15NO2/c1-7-3-4-9(8(2)5-12)11-10(7)13-6-14-11/h3-4,8H,5-6,12H2,1-2H3. The minimum Gasteiger partial charge on any atom is -0.453 e. The van der Waals surface area contributed by atoms with Crippen LogP contribution in [0.1, 0.15) is 24.0 Å². The van der Waals surface area contributed by atoms with Crippen molar-refractivity contribution < 1.29 is 9.47 Å². The average Bonchev–Trinajstić information content (AvgIpc) is 2.67. The maximum atomic E-state index is 5.64. The molecule has 76 valence electrons. The molecule has 0 radical (unpaired) electrons. The Kier molecular flexibility index (Phi) is 2.33. The summed E-state index contributed by atoms with van der Waals surface area (Å²) in [7, 11) is 0. The van der Waals surface area contributed by atoms with Gasteiger partial charge in [-0.05, 0) is 24.9 Å². The molecular weight excluding hydrogens is 178 g/mol. The van der Waals surface area contributed by atoms with Crippen molar-refractivity contribution in [2.24, 2.45) is 5.73 Å². The van der Waals surface area contributed by atoms with Gasteiger partial charge < -0.3 is 15.2 Å². The molecule has 3 nitrogen and oxygen atoms in total. The molecule has 0 spiro atoms. The minimum atomic E-state index is 0.311. The third kappa shape index (κ3) is 1.34. The number of hydrogen-bond acceptors (Lipinski definition) is 3. The third-order valence-electron chi connectivity index (χ3n) is 2.63. The normalized spacial score (nSPS) is 15.6. The molecule has 0 fully saturated rings. The van der Waals surface area contributed by atoms with E-state index in [9.17, 15) is 0 Å². The first-order valence-corrected chi connectivity index (χ1v) is 4.83. The molecule has 1 aliphatic rings. The Morgan fingerprint density at radius 2 is 2.07 bits per heavy atom. The number of ether oxygens (including phenoxy) is 2. The highest BCUT2D eigenvalue weighted by atomic mass is 16.7. The fourth-order valence-corrected chi connectivity index (χ4v) is 1.67. The molecule has 1 atom stereocenters. The van der Waals surface area contributed by atoms with Crippen molar-refractivity contribution in [2.45, 2.75) is 19.8 Å². The minimum absolute atomic E-state index is 0.311. The van der Waals surface area contributed by atoms with Crippen molar-refractivity contribution in [1.29, 1.82) is 0 Å². The number of aryl methyl sites for hydroxylation is 1. The van der Waals surface area contributed by atoms with Gasteiger partial charge in [-0.15, -0.1) is 0 Å². The predicted molar refractivity (Wildman–Crippen MR) is 54.8 cm³/mol. The van der Waals surface area contributed by atoms with E-state index in [4.69, 9.17) is 15.2 Å². The van der Waals surface area contributed by atoms with Crippen molar-refractivity contribution in [3.05, 3.63) is 23.3 Å². The molecule has 0 amide bonds. The van der Waals surface area contributed by atoms with Crippen LogP contribution in [-0.4, -0.2) is 13.3 Å². The summed E-state index contributed by atoms with van der Waals surface area (Å²) in [5.74, 6) is 2.07. The Morgan fingerprint density at radius 1 is 1.36 bits per heavy atom. The molecule has 2 N–H and O–H groups in total. The maximum absolute atomic E-state index is 5.64. The molecule has 1 aromatic rings. The van der Waals surface area contributed by atoms with Gasteiger partial charge in [0.2, 0.25) is 6.79 Å². The summed E-state index contributed by atoms with van der Waals surface area (Å²) in [6.07, 6.45) is 0.